The molecule has 0 spiro atoms. The van der Waals surface area contributed by atoms with Crippen molar-refractivity contribution < 1.29 is 15.1 Å². The third-order valence-electron chi connectivity index (χ3n) is 1.64. The standard InChI is InChI=1S/C8H10BrNO3/c1-13-8-5(4-10-12)6(9)2-3-7(8)11/h2-3,10-12H,4H2,1H3. The van der Waals surface area contributed by atoms with Crippen molar-refractivity contribution >= 4 is 15.9 Å². The summed E-state index contributed by atoms with van der Waals surface area (Å²) in [6, 6.07) is 3.20. The number of hydroxylamine groups is 1. The van der Waals surface area contributed by atoms with Crippen LogP contribution in [0.5, 0.6) is 11.5 Å². The lowest BCUT2D eigenvalue weighted by Gasteiger charge is -2.10. The van der Waals surface area contributed by atoms with Gasteiger partial charge in [0.25, 0.3) is 0 Å². The molecule has 0 aromatic heterocycles. The van der Waals surface area contributed by atoms with E-state index in [9.17, 15) is 5.11 Å². The molecule has 0 bridgehead atoms. The molecule has 0 heterocycles. The van der Waals surface area contributed by atoms with Gasteiger partial charge in [-0.3, -0.25) is 0 Å². The Hall–Kier alpha value is -0.780. The topological polar surface area (TPSA) is 61.7 Å². The van der Waals surface area contributed by atoms with Crippen molar-refractivity contribution in [2.75, 3.05) is 7.11 Å². The SMILES string of the molecule is COc1c(O)ccc(Br)c1CNO. The average Bonchev–Trinajstić information content (AvgIpc) is 2.12. The van der Waals surface area contributed by atoms with Gasteiger partial charge in [-0.2, -0.15) is 0 Å². The van der Waals surface area contributed by atoms with Crippen LogP contribution in [0.4, 0.5) is 0 Å². The lowest BCUT2D eigenvalue weighted by atomic mass is 10.2. The van der Waals surface area contributed by atoms with Gasteiger partial charge < -0.3 is 15.1 Å². The third-order valence-corrected chi connectivity index (χ3v) is 2.39. The first-order chi connectivity index (χ1) is 6.20. The van der Waals surface area contributed by atoms with Crippen LogP contribution in [0.2, 0.25) is 0 Å². The molecule has 0 saturated carbocycles. The highest BCUT2D eigenvalue weighted by Crippen LogP contribution is 2.34. The van der Waals surface area contributed by atoms with Crippen molar-refractivity contribution in [3.63, 3.8) is 0 Å². The Balaban J connectivity index is 3.18. The molecule has 5 heteroatoms. The fourth-order valence-electron chi connectivity index (χ4n) is 1.06. The summed E-state index contributed by atoms with van der Waals surface area (Å²) < 4.78 is 5.75. The van der Waals surface area contributed by atoms with Gasteiger partial charge in [-0.05, 0) is 12.1 Å². The van der Waals surface area contributed by atoms with Crippen molar-refractivity contribution in [3.05, 3.63) is 22.2 Å². The van der Waals surface area contributed by atoms with Crippen molar-refractivity contribution in [2.24, 2.45) is 0 Å². The molecule has 0 aliphatic carbocycles. The predicted octanol–water partition coefficient (Wildman–Crippen LogP) is 1.64. The summed E-state index contributed by atoms with van der Waals surface area (Å²) in [6.45, 7) is 0.207. The first-order valence-corrected chi connectivity index (χ1v) is 4.41. The summed E-state index contributed by atoms with van der Waals surface area (Å²) in [5.74, 6) is 0.409. The number of aromatic hydroxyl groups is 1. The molecule has 0 fully saturated rings. The van der Waals surface area contributed by atoms with E-state index in [0.29, 0.717) is 11.3 Å². The maximum atomic E-state index is 9.39. The van der Waals surface area contributed by atoms with E-state index in [1.807, 2.05) is 5.48 Å². The summed E-state index contributed by atoms with van der Waals surface area (Å²) in [5.41, 5.74) is 2.68. The molecule has 0 aliphatic heterocycles. The Kier molecular flexibility index (Phi) is 3.53. The highest BCUT2D eigenvalue weighted by molar-refractivity contribution is 9.10. The molecule has 0 unspecified atom stereocenters. The first kappa shape index (κ1) is 10.3. The van der Waals surface area contributed by atoms with Crippen molar-refractivity contribution in [3.8, 4) is 11.5 Å². The van der Waals surface area contributed by atoms with Gasteiger partial charge in [-0.1, -0.05) is 15.9 Å². The van der Waals surface area contributed by atoms with Crippen molar-refractivity contribution in [1.82, 2.24) is 5.48 Å². The van der Waals surface area contributed by atoms with E-state index in [2.05, 4.69) is 15.9 Å². The van der Waals surface area contributed by atoms with Crippen LogP contribution in [0.1, 0.15) is 5.56 Å². The van der Waals surface area contributed by atoms with Crippen LogP contribution >= 0.6 is 15.9 Å². The molecular weight excluding hydrogens is 238 g/mol. The van der Waals surface area contributed by atoms with Gasteiger partial charge in [-0.25, -0.2) is 5.48 Å². The molecule has 1 aromatic carbocycles. The van der Waals surface area contributed by atoms with Gasteiger partial charge in [0.2, 0.25) is 0 Å². The summed E-state index contributed by atoms with van der Waals surface area (Å²) in [6.07, 6.45) is 0. The van der Waals surface area contributed by atoms with Crippen molar-refractivity contribution in [2.45, 2.75) is 6.54 Å². The van der Waals surface area contributed by atoms with Crippen LogP contribution in [0, 0.1) is 0 Å². The first-order valence-electron chi connectivity index (χ1n) is 3.62. The molecule has 0 saturated heterocycles. The minimum absolute atomic E-state index is 0.0518. The van der Waals surface area contributed by atoms with E-state index >= 15 is 0 Å². The fourth-order valence-corrected chi connectivity index (χ4v) is 1.52. The summed E-state index contributed by atoms with van der Waals surface area (Å²) in [4.78, 5) is 0. The number of ether oxygens (including phenoxy) is 1. The van der Waals surface area contributed by atoms with E-state index < -0.39 is 0 Å². The molecule has 0 amide bonds. The second-order valence-electron chi connectivity index (χ2n) is 2.41. The number of phenols is 1. The Morgan fingerprint density at radius 2 is 2.23 bits per heavy atom. The maximum Gasteiger partial charge on any atom is 0.166 e. The lowest BCUT2D eigenvalue weighted by Crippen LogP contribution is -2.08. The zero-order valence-electron chi connectivity index (χ0n) is 7.04. The molecular formula is C8H10BrNO3. The second-order valence-corrected chi connectivity index (χ2v) is 3.27. The minimum atomic E-state index is 0.0518. The van der Waals surface area contributed by atoms with Gasteiger partial charge in [0.15, 0.2) is 11.5 Å². The Morgan fingerprint density at radius 3 is 2.77 bits per heavy atom. The number of halogens is 1. The highest BCUT2D eigenvalue weighted by atomic mass is 79.9. The number of hydrogen-bond acceptors (Lipinski definition) is 4. The molecule has 1 rings (SSSR count). The van der Waals surface area contributed by atoms with E-state index in [1.165, 1.54) is 13.2 Å². The zero-order chi connectivity index (χ0) is 9.84. The van der Waals surface area contributed by atoms with Gasteiger partial charge in [0, 0.05) is 10.0 Å². The highest BCUT2D eigenvalue weighted by Gasteiger charge is 2.11. The number of methoxy groups -OCH3 is 1. The largest absolute Gasteiger partial charge is 0.504 e. The molecule has 0 atom stereocenters. The molecule has 13 heavy (non-hydrogen) atoms. The Bertz CT molecular complexity index is 304. The summed E-state index contributed by atoms with van der Waals surface area (Å²) >= 11 is 3.28. The Labute approximate surface area is 84.2 Å². The molecule has 1 aromatic rings. The molecule has 0 radical (unpaired) electrons. The van der Waals surface area contributed by atoms with E-state index in [1.54, 1.807) is 6.07 Å². The maximum absolute atomic E-state index is 9.39. The summed E-state index contributed by atoms with van der Waals surface area (Å²) in [5, 5.41) is 17.9. The molecule has 0 aliphatic rings. The summed E-state index contributed by atoms with van der Waals surface area (Å²) in [7, 11) is 1.46. The minimum Gasteiger partial charge on any atom is -0.504 e. The lowest BCUT2D eigenvalue weighted by molar-refractivity contribution is 0.159. The smallest absolute Gasteiger partial charge is 0.166 e. The van der Waals surface area contributed by atoms with Crippen LogP contribution in [0.25, 0.3) is 0 Å². The zero-order valence-corrected chi connectivity index (χ0v) is 8.63. The van der Waals surface area contributed by atoms with Gasteiger partial charge in [0.05, 0.1) is 13.7 Å². The monoisotopic (exact) mass is 247 g/mol. The fraction of sp³-hybridized carbons (Fsp3) is 0.250. The van der Waals surface area contributed by atoms with Crippen LogP contribution in [0.15, 0.2) is 16.6 Å². The van der Waals surface area contributed by atoms with Gasteiger partial charge >= 0.3 is 0 Å². The number of hydrogen-bond donors (Lipinski definition) is 3. The molecule has 4 nitrogen and oxygen atoms in total. The van der Waals surface area contributed by atoms with Crippen LogP contribution in [-0.2, 0) is 6.54 Å². The van der Waals surface area contributed by atoms with E-state index in [-0.39, 0.29) is 12.3 Å². The number of nitrogens with one attached hydrogen (secondary N) is 1. The number of phenolic OH excluding ortho intramolecular Hbond substituents is 1. The quantitative estimate of drug-likeness (QED) is 0.711. The van der Waals surface area contributed by atoms with Gasteiger partial charge in [-0.15, -0.1) is 0 Å². The Morgan fingerprint density at radius 1 is 1.54 bits per heavy atom. The third kappa shape index (κ3) is 2.12. The average molecular weight is 248 g/mol. The van der Waals surface area contributed by atoms with E-state index in [4.69, 9.17) is 9.94 Å². The van der Waals surface area contributed by atoms with E-state index in [0.717, 1.165) is 4.47 Å². The van der Waals surface area contributed by atoms with Crippen LogP contribution in [0.3, 0.4) is 0 Å². The second kappa shape index (κ2) is 4.45. The molecule has 72 valence electrons. The van der Waals surface area contributed by atoms with Gasteiger partial charge in [0.1, 0.15) is 0 Å². The number of benzene rings is 1. The van der Waals surface area contributed by atoms with Crippen LogP contribution in [-0.4, -0.2) is 17.4 Å². The van der Waals surface area contributed by atoms with Crippen LogP contribution < -0.4 is 10.2 Å². The van der Waals surface area contributed by atoms with Crippen molar-refractivity contribution in [1.29, 1.82) is 0 Å². The predicted molar refractivity (Wildman–Crippen MR) is 51.0 cm³/mol. The normalized spacial score (nSPS) is 10.1. The number of rotatable bonds is 3. The molecule has 3 N–H and O–H groups in total.